The fourth-order valence-corrected chi connectivity index (χ4v) is 5.05. The maximum Gasteiger partial charge on any atom is 0.418 e. The molecular formula is C26H23F4N5O5S. The van der Waals surface area contributed by atoms with Crippen LogP contribution in [0.5, 0.6) is 0 Å². The van der Waals surface area contributed by atoms with Gasteiger partial charge in [0.25, 0.3) is 5.69 Å². The Kier molecular flexibility index (Phi) is 8.12. The lowest BCUT2D eigenvalue weighted by molar-refractivity contribution is -0.384. The van der Waals surface area contributed by atoms with E-state index in [2.05, 4.69) is 5.10 Å². The molecular weight excluding hydrogens is 570 g/mol. The van der Waals surface area contributed by atoms with Crippen LogP contribution in [0.1, 0.15) is 36.7 Å². The highest BCUT2D eigenvalue weighted by molar-refractivity contribution is 7.89. The number of nitrogens with two attached hydrogens (primary N) is 1. The third kappa shape index (κ3) is 6.20. The fourth-order valence-electron chi connectivity index (χ4n) is 4.29. The van der Waals surface area contributed by atoms with E-state index in [1.54, 1.807) is 6.07 Å². The summed E-state index contributed by atoms with van der Waals surface area (Å²) in [7, 11) is -4.12. The van der Waals surface area contributed by atoms with E-state index in [1.165, 1.54) is 30.3 Å². The Bertz CT molecular complexity index is 1800. The van der Waals surface area contributed by atoms with E-state index >= 15 is 4.39 Å². The Balaban J connectivity index is 1.82. The van der Waals surface area contributed by atoms with Crippen LogP contribution in [0.3, 0.4) is 0 Å². The summed E-state index contributed by atoms with van der Waals surface area (Å²) < 4.78 is 82.0. The second kappa shape index (κ2) is 11.2. The van der Waals surface area contributed by atoms with Crippen molar-refractivity contribution in [1.29, 1.82) is 0 Å². The third-order valence-electron chi connectivity index (χ3n) is 6.30. The lowest BCUT2D eigenvalue weighted by atomic mass is 10.0. The summed E-state index contributed by atoms with van der Waals surface area (Å²) in [5, 5.41) is 20.6. The summed E-state index contributed by atoms with van der Waals surface area (Å²) in [5.41, 5.74) is -3.55. The Hall–Kier alpha value is -4.37. The number of sulfonamides is 1. The molecule has 0 atom stereocenters. The molecule has 0 bridgehead atoms. The Morgan fingerprint density at radius 3 is 2.39 bits per heavy atom. The summed E-state index contributed by atoms with van der Waals surface area (Å²) in [6, 6.07) is 11.3. The van der Waals surface area contributed by atoms with Crippen LogP contribution in [0.15, 0.2) is 70.4 Å². The van der Waals surface area contributed by atoms with Crippen molar-refractivity contribution >= 4 is 15.7 Å². The largest absolute Gasteiger partial charge is 0.418 e. The first-order valence-electron chi connectivity index (χ1n) is 12.2. The zero-order valence-corrected chi connectivity index (χ0v) is 22.2. The Labute approximate surface area is 230 Å². The van der Waals surface area contributed by atoms with Gasteiger partial charge in [-0.3, -0.25) is 14.7 Å². The highest BCUT2D eigenvalue weighted by Crippen LogP contribution is 2.35. The zero-order valence-electron chi connectivity index (χ0n) is 21.4. The molecule has 0 saturated carbocycles. The number of nitrogens with zero attached hydrogens (tertiary/aromatic N) is 4. The standard InChI is InChI=1S/C26H23F4N5O5S/c1-2-3-8-24-32-34(22-14-18(35(37)38)11-12-20(22)26(28,29)30)25(36)33(24)15-17-10-9-16(13-21(17)27)19-6-4-5-7-23(19)41(31,39)40/h4-7,9-14H,2-3,8,15H2,1H3,(H2,31,39,40). The number of benzene rings is 3. The van der Waals surface area contributed by atoms with Gasteiger partial charge in [0.05, 0.1) is 27.6 Å². The number of hydrogen-bond donors (Lipinski definition) is 1. The van der Waals surface area contributed by atoms with Gasteiger partial charge in [-0.25, -0.2) is 22.7 Å². The number of non-ortho nitro benzene ring substituents is 1. The van der Waals surface area contributed by atoms with E-state index in [-0.39, 0.29) is 33.8 Å². The minimum atomic E-state index is -4.95. The van der Waals surface area contributed by atoms with Crippen LogP contribution < -0.4 is 10.8 Å². The molecule has 0 unspecified atom stereocenters. The number of primary sulfonamides is 1. The molecule has 4 aromatic rings. The summed E-state index contributed by atoms with van der Waals surface area (Å²) >= 11 is 0. The first-order valence-corrected chi connectivity index (χ1v) is 13.7. The van der Waals surface area contributed by atoms with Gasteiger partial charge in [0.2, 0.25) is 10.0 Å². The van der Waals surface area contributed by atoms with Crippen LogP contribution in [0.4, 0.5) is 23.2 Å². The van der Waals surface area contributed by atoms with Gasteiger partial charge in [0.1, 0.15) is 11.6 Å². The average Bonchev–Trinajstić information content (AvgIpc) is 3.21. The topological polar surface area (TPSA) is 143 Å². The molecule has 0 fully saturated rings. The molecule has 1 heterocycles. The normalized spacial score (nSPS) is 12.0. The van der Waals surface area contributed by atoms with Gasteiger partial charge in [-0.15, -0.1) is 5.10 Å². The first kappa shape index (κ1) is 29.6. The molecule has 10 nitrogen and oxygen atoms in total. The highest BCUT2D eigenvalue weighted by atomic mass is 32.2. The van der Waals surface area contributed by atoms with E-state index in [4.69, 9.17) is 5.14 Å². The predicted octanol–water partition coefficient (Wildman–Crippen LogP) is 4.81. The molecule has 0 saturated heterocycles. The monoisotopic (exact) mass is 593 g/mol. The smallest absolute Gasteiger partial charge is 0.274 e. The van der Waals surface area contributed by atoms with Crippen molar-refractivity contribution in [2.24, 2.45) is 5.14 Å². The molecule has 0 spiro atoms. The van der Waals surface area contributed by atoms with Crippen LogP contribution in [-0.4, -0.2) is 27.7 Å². The fraction of sp³-hybridized carbons (Fsp3) is 0.231. The maximum absolute atomic E-state index is 15.3. The van der Waals surface area contributed by atoms with Crippen LogP contribution >= 0.6 is 0 Å². The molecule has 0 amide bonds. The predicted molar refractivity (Wildman–Crippen MR) is 140 cm³/mol. The van der Waals surface area contributed by atoms with Gasteiger partial charge < -0.3 is 0 Å². The number of unbranched alkanes of at least 4 members (excludes halogenated alkanes) is 1. The zero-order chi connectivity index (χ0) is 30.1. The Morgan fingerprint density at radius 2 is 1.78 bits per heavy atom. The molecule has 15 heteroatoms. The Morgan fingerprint density at radius 1 is 1.07 bits per heavy atom. The van der Waals surface area contributed by atoms with Gasteiger partial charge in [-0.1, -0.05) is 43.7 Å². The van der Waals surface area contributed by atoms with Crippen LogP contribution in [0.25, 0.3) is 16.8 Å². The van der Waals surface area contributed by atoms with Gasteiger partial charge in [-0.05, 0) is 30.2 Å². The summed E-state index contributed by atoms with van der Waals surface area (Å²) in [4.78, 5) is 23.5. The first-order chi connectivity index (χ1) is 19.2. The van der Waals surface area contributed by atoms with Gasteiger partial charge in [-0.2, -0.15) is 17.9 Å². The summed E-state index contributed by atoms with van der Waals surface area (Å²) in [5.74, 6) is -0.765. The van der Waals surface area contributed by atoms with E-state index in [0.29, 0.717) is 35.7 Å². The van der Waals surface area contributed by atoms with Crippen LogP contribution in [0, 0.1) is 15.9 Å². The second-order valence-corrected chi connectivity index (χ2v) is 10.6. The van der Waals surface area contributed by atoms with E-state index in [9.17, 15) is 36.5 Å². The molecule has 0 radical (unpaired) electrons. The number of nitro groups is 1. The van der Waals surface area contributed by atoms with Crippen molar-refractivity contribution in [3.8, 4) is 16.8 Å². The van der Waals surface area contributed by atoms with Crippen LogP contribution in [0.2, 0.25) is 0 Å². The number of alkyl halides is 3. The van der Waals surface area contributed by atoms with Crippen molar-refractivity contribution in [2.75, 3.05) is 0 Å². The molecule has 1 aromatic heterocycles. The SMILES string of the molecule is CCCCc1nn(-c2cc([N+](=O)[O-])ccc2C(F)(F)F)c(=O)n1Cc1ccc(-c2ccccc2S(N)(=O)=O)cc1F. The molecule has 0 aliphatic heterocycles. The van der Waals surface area contributed by atoms with Crippen molar-refractivity contribution < 1.29 is 30.9 Å². The van der Waals surface area contributed by atoms with E-state index < -0.39 is 56.1 Å². The molecule has 2 N–H and O–H groups in total. The lowest BCUT2D eigenvalue weighted by Crippen LogP contribution is -2.27. The number of nitro benzene ring substituents is 1. The highest BCUT2D eigenvalue weighted by Gasteiger charge is 2.36. The number of aromatic nitrogens is 3. The minimum absolute atomic E-state index is 0.0312. The van der Waals surface area contributed by atoms with Gasteiger partial charge >= 0.3 is 11.9 Å². The number of rotatable bonds is 9. The minimum Gasteiger partial charge on any atom is -0.274 e. The number of halogens is 4. The molecule has 41 heavy (non-hydrogen) atoms. The summed E-state index contributed by atoms with van der Waals surface area (Å²) in [6.07, 6.45) is -3.63. The molecule has 0 aliphatic carbocycles. The van der Waals surface area contributed by atoms with E-state index in [1.807, 2.05) is 6.92 Å². The van der Waals surface area contributed by atoms with Crippen molar-refractivity contribution in [3.63, 3.8) is 0 Å². The molecule has 0 aliphatic rings. The maximum atomic E-state index is 15.3. The third-order valence-corrected chi connectivity index (χ3v) is 7.27. The van der Waals surface area contributed by atoms with E-state index in [0.717, 1.165) is 10.6 Å². The van der Waals surface area contributed by atoms with Crippen molar-refractivity contribution in [2.45, 2.75) is 43.8 Å². The second-order valence-electron chi connectivity index (χ2n) is 9.10. The average molecular weight is 594 g/mol. The molecule has 216 valence electrons. The molecule has 3 aromatic carbocycles. The number of hydrogen-bond acceptors (Lipinski definition) is 6. The lowest BCUT2D eigenvalue weighted by Gasteiger charge is -2.12. The van der Waals surface area contributed by atoms with Crippen molar-refractivity contribution in [3.05, 3.63) is 104 Å². The van der Waals surface area contributed by atoms with Crippen LogP contribution in [-0.2, 0) is 29.2 Å². The molecule has 4 rings (SSSR count). The van der Waals surface area contributed by atoms with Gasteiger partial charge in [0.15, 0.2) is 0 Å². The number of aryl methyl sites for hydroxylation is 1. The van der Waals surface area contributed by atoms with Gasteiger partial charge in [0, 0.05) is 29.7 Å². The summed E-state index contributed by atoms with van der Waals surface area (Å²) in [6.45, 7) is 1.43. The van der Waals surface area contributed by atoms with Crippen molar-refractivity contribution in [1.82, 2.24) is 14.3 Å². The quantitative estimate of drug-likeness (QED) is 0.168.